The Morgan fingerprint density at radius 2 is 1.98 bits per heavy atom. The lowest BCUT2D eigenvalue weighted by atomic mass is 9.68. The zero-order chi connectivity index (χ0) is 30.6. The van der Waals surface area contributed by atoms with Gasteiger partial charge >= 0.3 is 6.09 Å². The summed E-state index contributed by atoms with van der Waals surface area (Å²) in [7, 11) is 4.04. The fourth-order valence-electron chi connectivity index (χ4n) is 5.85. The van der Waals surface area contributed by atoms with Crippen molar-refractivity contribution in [3.63, 3.8) is 0 Å². The van der Waals surface area contributed by atoms with Crippen LogP contribution in [-0.2, 0) is 19.1 Å². The molecular formula is C30H33IN2O9. The largest absolute Gasteiger partial charge is 0.504 e. The van der Waals surface area contributed by atoms with Crippen LogP contribution in [0.3, 0.4) is 0 Å². The average Bonchev–Trinajstić information content (AvgIpc) is 3.24. The highest BCUT2D eigenvalue weighted by Crippen LogP contribution is 2.46. The zero-order valence-corrected chi connectivity index (χ0v) is 25.6. The molecule has 0 saturated carbocycles. The molecule has 1 aromatic carbocycles. The second-order valence-corrected chi connectivity index (χ2v) is 11.3. The normalized spacial score (nSPS) is 21.4. The van der Waals surface area contributed by atoms with Crippen LogP contribution in [0.2, 0.25) is 0 Å². The molecule has 2 aliphatic rings. The number of rotatable bonds is 10. The molecular weight excluding hydrogens is 659 g/mol. The van der Waals surface area contributed by atoms with E-state index in [2.05, 4.69) is 9.72 Å². The van der Waals surface area contributed by atoms with Crippen LogP contribution in [0.4, 0.5) is 4.79 Å². The number of hydrogen-bond acceptors (Lipinski definition) is 10. The minimum absolute atomic E-state index is 0.0408. The molecule has 0 unspecified atom stereocenters. The standard InChI is InChI=1S/C30H33IN2O9/c1-40-15-18-13-19-26(29(38)33(28(19)37)30(39)42-3)20(14-34)25(18)23(35)8-7-17(22-6-4-5-9-32-22)10-16-11-21(31)27(36)24(12-16)41-2/h4-6,9-12,19-20,23,26,34-36H,7-8,13-15H2,1-3H3/b17-10-/t19-,20+,23-,26-/m1/s1. The van der Waals surface area contributed by atoms with Crippen LogP contribution in [-0.4, -0.2) is 83.8 Å². The number of likely N-dealkylation sites (tertiary alicyclic amines) is 1. The highest BCUT2D eigenvalue weighted by Gasteiger charge is 2.57. The quantitative estimate of drug-likeness (QED) is 0.192. The number of aliphatic hydroxyl groups is 2. The van der Waals surface area contributed by atoms with Gasteiger partial charge in [0.15, 0.2) is 11.5 Å². The van der Waals surface area contributed by atoms with Crippen molar-refractivity contribution in [3.05, 3.63) is 62.5 Å². The predicted molar refractivity (Wildman–Crippen MR) is 160 cm³/mol. The number of aromatic hydroxyl groups is 1. The van der Waals surface area contributed by atoms with Gasteiger partial charge in [-0.25, -0.2) is 4.79 Å². The third-order valence-corrected chi connectivity index (χ3v) is 8.53. The molecule has 1 aromatic heterocycles. The zero-order valence-electron chi connectivity index (χ0n) is 23.4. The number of pyridine rings is 1. The minimum atomic E-state index is -1.09. The molecule has 0 radical (unpaired) electrons. The number of allylic oxidation sites excluding steroid dienone is 1. The number of phenolic OH excluding ortho intramolecular Hbond substituents is 1. The van der Waals surface area contributed by atoms with Crippen molar-refractivity contribution in [2.45, 2.75) is 25.4 Å². The third-order valence-electron chi connectivity index (χ3n) is 7.71. The SMILES string of the molecule is COCC1=C([C@H](O)CC/C(=C/c2cc(I)c(O)c(OC)c2)c2ccccn2)[C@H](CO)[C@@H]2C(=O)N(C(=O)OC)C(=O)[C@@H]2C1. The lowest BCUT2D eigenvalue weighted by molar-refractivity contribution is -0.137. The van der Waals surface area contributed by atoms with Gasteiger partial charge in [-0.15, -0.1) is 0 Å². The maximum atomic E-state index is 13.2. The molecule has 3 amide bonds. The Balaban J connectivity index is 1.67. The molecule has 2 aromatic rings. The first-order valence-electron chi connectivity index (χ1n) is 13.3. The Morgan fingerprint density at radius 1 is 1.21 bits per heavy atom. The summed E-state index contributed by atoms with van der Waals surface area (Å²) in [4.78, 5) is 43.4. The maximum Gasteiger partial charge on any atom is 0.423 e. The van der Waals surface area contributed by atoms with Crippen molar-refractivity contribution < 1.29 is 43.9 Å². The monoisotopic (exact) mass is 692 g/mol. The van der Waals surface area contributed by atoms with Crippen LogP contribution in [0.25, 0.3) is 11.6 Å². The molecule has 1 aliphatic heterocycles. The number of halogens is 1. The Bertz CT molecular complexity index is 1410. The first kappa shape index (κ1) is 31.6. The lowest BCUT2D eigenvalue weighted by Gasteiger charge is -2.36. The third kappa shape index (κ3) is 6.21. The van der Waals surface area contributed by atoms with Gasteiger partial charge in [-0.1, -0.05) is 6.07 Å². The number of benzene rings is 1. The van der Waals surface area contributed by atoms with E-state index >= 15 is 0 Å². The van der Waals surface area contributed by atoms with E-state index in [1.165, 1.54) is 14.2 Å². The summed E-state index contributed by atoms with van der Waals surface area (Å²) in [5, 5.41) is 32.3. The number of ether oxygens (including phenoxy) is 3. The van der Waals surface area contributed by atoms with Crippen molar-refractivity contribution in [2.75, 3.05) is 34.5 Å². The molecule has 42 heavy (non-hydrogen) atoms. The molecule has 12 heteroatoms. The molecule has 4 rings (SSSR count). The number of hydrogen-bond donors (Lipinski definition) is 3. The molecule has 0 bridgehead atoms. The predicted octanol–water partition coefficient (Wildman–Crippen LogP) is 3.40. The van der Waals surface area contributed by atoms with Crippen molar-refractivity contribution in [1.29, 1.82) is 0 Å². The lowest BCUT2D eigenvalue weighted by Crippen LogP contribution is -2.40. The summed E-state index contributed by atoms with van der Waals surface area (Å²) in [5.74, 6) is -3.84. The molecule has 3 N–H and O–H groups in total. The second-order valence-electron chi connectivity index (χ2n) is 10.1. The van der Waals surface area contributed by atoms with Crippen LogP contribution < -0.4 is 4.74 Å². The first-order chi connectivity index (χ1) is 20.2. The summed E-state index contributed by atoms with van der Waals surface area (Å²) >= 11 is 2.02. The number of carbonyl (C=O) groups excluding carboxylic acids is 3. The van der Waals surface area contributed by atoms with Gasteiger partial charge in [0.05, 0.1) is 54.6 Å². The summed E-state index contributed by atoms with van der Waals surface area (Å²) in [5.41, 5.74) is 3.29. The number of aliphatic hydroxyl groups excluding tert-OH is 2. The first-order valence-corrected chi connectivity index (χ1v) is 14.4. The molecule has 11 nitrogen and oxygen atoms in total. The van der Waals surface area contributed by atoms with Crippen molar-refractivity contribution in [1.82, 2.24) is 9.88 Å². The Kier molecular flexibility index (Phi) is 10.4. The van der Waals surface area contributed by atoms with Gasteiger partial charge in [0.1, 0.15) is 0 Å². The van der Waals surface area contributed by atoms with Crippen molar-refractivity contribution >= 4 is 52.1 Å². The van der Waals surface area contributed by atoms with Crippen LogP contribution in [0.5, 0.6) is 11.5 Å². The van der Waals surface area contributed by atoms with E-state index in [0.29, 0.717) is 37.5 Å². The Hall–Kier alpha value is -3.33. The maximum absolute atomic E-state index is 13.2. The topological polar surface area (TPSA) is 156 Å². The number of amides is 3. The van der Waals surface area contributed by atoms with Crippen LogP contribution in [0.1, 0.15) is 30.5 Å². The summed E-state index contributed by atoms with van der Waals surface area (Å²) in [6.45, 7) is -0.427. The Labute approximate surface area is 256 Å². The van der Waals surface area contributed by atoms with Crippen molar-refractivity contribution in [2.24, 2.45) is 17.8 Å². The summed E-state index contributed by atoms with van der Waals surface area (Å²) in [6, 6.07) is 9.01. The number of phenols is 1. The van der Waals surface area contributed by atoms with E-state index in [0.717, 1.165) is 18.2 Å². The average molecular weight is 693 g/mol. The van der Waals surface area contributed by atoms with E-state index in [9.17, 15) is 29.7 Å². The molecule has 0 spiro atoms. The van der Waals surface area contributed by atoms with E-state index in [1.807, 2.05) is 40.8 Å². The number of imide groups is 3. The molecule has 1 fully saturated rings. The minimum Gasteiger partial charge on any atom is -0.504 e. The summed E-state index contributed by atoms with van der Waals surface area (Å²) in [6.07, 6.45) is 2.06. The number of fused-ring (bicyclic) bond motifs is 1. The van der Waals surface area contributed by atoms with Crippen LogP contribution >= 0.6 is 22.6 Å². The molecule has 224 valence electrons. The molecule has 1 aliphatic carbocycles. The van der Waals surface area contributed by atoms with E-state index in [1.54, 1.807) is 24.4 Å². The molecule has 1 saturated heterocycles. The van der Waals surface area contributed by atoms with Gasteiger partial charge in [0.25, 0.3) is 0 Å². The van der Waals surface area contributed by atoms with Gasteiger partial charge < -0.3 is 29.5 Å². The van der Waals surface area contributed by atoms with Gasteiger partial charge in [-0.05, 0) is 94.5 Å². The number of methoxy groups -OCH3 is 3. The number of aromatic nitrogens is 1. The van der Waals surface area contributed by atoms with Gasteiger partial charge in [-0.2, -0.15) is 4.90 Å². The highest BCUT2D eigenvalue weighted by atomic mass is 127. The summed E-state index contributed by atoms with van der Waals surface area (Å²) < 4.78 is 15.9. The number of carbonyl (C=O) groups is 3. The van der Waals surface area contributed by atoms with E-state index in [4.69, 9.17) is 9.47 Å². The smallest absolute Gasteiger partial charge is 0.423 e. The molecule has 4 atom stereocenters. The number of nitrogens with zero attached hydrogens (tertiary/aromatic N) is 2. The molecule has 2 heterocycles. The van der Waals surface area contributed by atoms with E-state index < -0.39 is 48.4 Å². The van der Waals surface area contributed by atoms with Crippen molar-refractivity contribution in [3.8, 4) is 11.5 Å². The Morgan fingerprint density at radius 3 is 2.60 bits per heavy atom. The second kappa shape index (κ2) is 13.8. The van der Waals surface area contributed by atoms with E-state index in [-0.39, 0.29) is 25.2 Å². The fraction of sp³-hybridized carbons (Fsp3) is 0.400. The fourth-order valence-corrected chi connectivity index (χ4v) is 6.47. The van der Waals surface area contributed by atoms with Crippen LogP contribution in [0, 0.1) is 21.3 Å². The van der Waals surface area contributed by atoms with Gasteiger partial charge in [0, 0.05) is 19.2 Å². The van der Waals surface area contributed by atoms with Gasteiger partial charge in [-0.3, -0.25) is 14.6 Å². The van der Waals surface area contributed by atoms with Gasteiger partial charge in [0.2, 0.25) is 11.8 Å². The highest BCUT2D eigenvalue weighted by molar-refractivity contribution is 14.1. The van der Waals surface area contributed by atoms with Crippen LogP contribution in [0.15, 0.2) is 47.7 Å².